The van der Waals surface area contributed by atoms with Gasteiger partial charge in [-0.3, -0.25) is 4.90 Å². The van der Waals surface area contributed by atoms with E-state index in [4.69, 9.17) is 4.74 Å². The van der Waals surface area contributed by atoms with Crippen LogP contribution in [0.5, 0.6) is 0 Å². The van der Waals surface area contributed by atoms with Crippen molar-refractivity contribution in [1.29, 1.82) is 0 Å². The molecule has 0 aliphatic carbocycles. The monoisotopic (exact) mass is 298 g/mol. The number of amides is 1. The number of nitrogens with one attached hydrogen (secondary N) is 1. The number of benzene rings is 1. The van der Waals surface area contributed by atoms with E-state index < -0.39 is 23.3 Å². The lowest BCUT2D eigenvalue weighted by Crippen LogP contribution is -2.43. The second-order valence-electron chi connectivity index (χ2n) is 6.26. The normalized spacial score (nSPS) is 18.6. The molecule has 1 aliphatic heterocycles. The van der Waals surface area contributed by atoms with Gasteiger partial charge in [0, 0.05) is 24.3 Å². The van der Waals surface area contributed by atoms with E-state index >= 15 is 0 Å². The molecule has 1 aromatic carbocycles. The molecule has 0 saturated carbocycles. The van der Waals surface area contributed by atoms with E-state index in [2.05, 4.69) is 5.32 Å². The van der Waals surface area contributed by atoms with E-state index in [1.54, 1.807) is 20.8 Å². The molecule has 0 aromatic heterocycles. The van der Waals surface area contributed by atoms with Gasteiger partial charge in [0.2, 0.25) is 0 Å². The fourth-order valence-corrected chi connectivity index (χ4v) is 2.16. The number of anilines is 1. The van der Waals surface area contributed by atoms with Crippen molar-refractivity contribution in [3.05, 3.63) is 29.3 Å². The predicted molar refractivity (Wildman–Crippen MR) is 76.1 cm³/mol. The largest absolute Gasteiger partial charge is 0.444 e. The summed E-state index contributed by atoms with van der Waals surface area (Å²) in [6.45, 7) is 7.83. The lowest BCUT2D eigenvalue weighted by molar-refractivity contribution is 0.0171. The summed E-state index contributed by atoms with van der Waals surface area (Å²) in [7, 11) is 0. The number of rotatable bonds is 0. The van der Waals surface area contributed by atoms with Crippen LogP contribution in [0.3, 0.4) is 0 Å². The van der Waals surface area contributed by atoms with Crippen molar-refractivity contribution < 1.29 is 18.3 Å². The summed E-state index contributed by atoms with van der Waals surface area (Å²) in [5.74, 6) is -1.83. The van der Waals surface area contributed by atoms with Crippen LogP contribution in [0, 0.1) is 11.6 Å². The van der Waals surface area contributed by atoms with Crippen molar-refractivity contribution in [2.24, 2.45) is 0 Å². The van der Waals surface area contributed by atoms with Crippen LogP contribution in [0.1, 0.15) is 33.3 Å². The Balaban J connectivity index is 2.27. The third-order valence-electron chi connectivity index (χ3n) is 3.23. The Hall–Kier alpha value is -1.85. The first-order valence-corrected chi connectivity index (χ1v) is 6.89. The first-order chi connectivity index (χ1) is 9.67. The lowest BCUT2D eigenvalue weighted by atomic mass is 10.1. The average molecular weight is 298 g/mol. The van der Waals surface area contributed by atoms with Crippen LogP contribution in [0.25, 0.3) is 0 Å². The van der Waals surface area contributed by atoms with Gasteiger partial charge in [-0.05, 0) is 39.3 Å². The number of carbonyl (C=O) groups excluding carboxylic acids is 1. The molecular weight excluding hydrogens is 278 g/mol. The van der Waals surface area contributed by atoms with Crippen LogP contribution >= 0.6 is 0 Å². The summed E-state index contributed by atoms with van der Waals surface area (Å²) < 4.78 is 32.1. The van der Waals surface area contributed by atoms with Gasteiger partial charge < -0.3 is 10.1 Å². The van der Waals surface area contributed by atoms with Gasteiger partial charge in [-0.1, -0.05) is 0 Å². The summed E-state index contributed by atoms with van der Waals surface area (Å²) in [5.41, 5.74) is 0.434. The van der Waals surface area contributed by atoms with Gasteiger partial charge in [0.15, 0.2) is 11.6 Å². The van der Waals surface area contributed by atoms with Crippen LogP contribution in [0.2, 0.25) is 0 Å². The molecule has 1 amide bonds. The molecule has 0 fully saturated rings. The molecule has 4 nitrogen and oxygen atoms in total. The molecule has 0 spiro atoms. The van der Waals surface area contributed by atoms with E-state index in [1.807, 2.05) is 6.92 Å². The quantitative estimate of drug-likeness (QED) is 0.797. The maximum Gasteiger partial charge on any atom is 0.410 e. The van der Waals surface area contributed by atoms with Gasteiger partial charge in [-0.2, -0.15) is 0 Å². The molecule has 0 radical (unpaired) electrons. The molecule has 1 heterocycles. The second-order valence-corrected chi connectivity index (χ2v) is 6.26. The molecule has 1 aliphatic rings. The van der Waals surface area contributed by atoms with Crippen molar-refractivity contribution in [2.45, 2.75) is 45.9 Å². The van der Waals surface area contributed by atoms with E-state index in [9.17, 15) is 13.6 Å². The number of ether oxygens (including phenoxy) is 1. The van der Waals surface area contributed by atoms with Crippen LogP contribution in [0.4, 0.5) is 19.3 Å². The van der Waals surface area contributed by atoms with Crippen LogP contribution in [-0.4, -0.2) is 29.2 Å². The van der Waals surface area contributed by atoms with Gasteiger partial charge >= 0.3 is 6.09 Å². The number of nitrogens with zero attached hydrogens (tertiary/aromatic N) is 1. The molecule has 1 atom stereocenters. The van der Waals surface area contributed by atoms with Crippen molar-refractivity contribution in [2.75, 3.05) is 11.9 Å². The molecule has 2 rings (SSSR count). The number of hydrogen-bond donors (Lipinski definition) is 1. The molecule has 1 N–H and O–H groups in total. The molecule has 1 aromatic rings. The molecule has 0 saturated heterocycles. The predicted octanol–water partition coefficient (Wildman–Crippen LogP) is 3.52. The van der Waals surface area contributed by atoms with Crippen LogP contribution in [-0.2, 0) is 11.3 Å². The zero-order valence-corrected chi connectivity index (χ0v) is 12.7. The first-order valence-electron chi connectivity index (χ1n) is 6.89. The van der Waals surface area contributed by atoms with Crippen molar-refractivity contribution in [1.82, 2.24) is 4.90 Å². The Morgan fingerprint density at radius 3 is 2.57 bits per heavy atom. The molecule has 1 unspecified atom stereocenters. The zero-order chi connectivity index (χ0) is 15.8. The fraction of sp³-hybridized carbons (Fsp3) is 0.533. The molecule has 21 heavy (non-hydrogen) atoms. The summed E-state index contributed by atoms with van der Waals surface area (Å²) in [6.07, 6.45) is -0.464. The average Bonchev–Trinajstić information content (AvgIpc) is 2.49. The smallest absolute Gasteiger partial charge is 0.410 e. The number of carbonyl (C=O) groups is 1. The van der Waals surface area contributed by atoms with Gasteiger partial charge in [0.1, 0.15) is 5.60 Å². The Bertz CT molecular complexity index is 555. The van der Waals surface area contributed by atoms with Gasteiger partial charge in [0.05, 0.1) is 6.54 Å². The third-order valence-corrected chi connectivity index (χ3v) is 3.23. The van der Waals surface area contributed by atoms with Gasteiger partial charge in [0.25, 0.3) is 0 Å². The maximum atomic E-state index is 13.4. The van der Waals surface area contributed by atoms with Crippen LogP contribution < -0.4 is 5.32 Å². The Morgan fingerprint density at radius 2 is 1.95 bits per heavy atom. The van der Waals surface area contributed by atoms with E-state index in [0.29, 0.717) is 17.8 Å². The van der Waals surface area contributed by atoms with E-state index in [-0.39, 0.29) is 12.6 Å². The minimum absolute atomic E-state index is 0.154. The number of fused-ring (bicyclic) bond motifs is 1. The first kappa shape index (κ1) is 15.5. The highest BCUT2D eigenvalue weighted by atomic mass is 19.2. The van der Waals surface area contributed by atoms with Crippen LogP contribution in [0.15, 0.2) is 12.1 Å². The van der Waals surface area contributed by atoms with Gasteiger partial charge in [-0.25, -0.2) is 13.6 Å². The topological polar surface area (TPSA) is 41.6 Å². The molecule has 116 valence electrons. The highest BCUT2D eigenvalue weighted by Crippen LogP contribution is 2.26. The maximum absolute atomic E-state index is 13.4. The minimum atomic E-state index is -0.922. The standard InChI is InChI=1S/C15H20F2N2O2/c1-9-7-18-13-6-12(17)11(16)5-10(13)8-19(9)14(20)21-15(2,3)4/h5-6,9,18H,7-8H2,1-4H3. The SMILES string of the molecule is CC1CNc2cc(F)c(F)cc2CN1C(=O)OC(C)(C)C. The number of halogens is 2. The van der Waals surface area contributed by atoms with E-state index in [1.165, 1.54) is 4.90 Å². The van der Waals surface area contributed by atoms with Gasteiger partial charge in [-0.15, -0.1) is 0 Å². The fourth-order valence-electron chi connectivity index (χ4n) is 2.16. The Kier molecular flexibility index (Phi) is 4.07. The highest BCUT2D eigenvalue weighted by Gasteiger charge is 2.29. The third kappa shape index (κ3) is 3.62. The highest BCUT2D eigenvalue weighted by molar-refractivity contribution is 5.70. The Labute approximate surface area is 123 Å². The van der Waals surface area contributed by atoms with E-state index in [0.717, 1.165) is 12.1 Å². The summed E-state index contributed by atoms with van der Waals surface area (Å²) in [6, 6.07) is 2.08. The molecule has 6 heteroatoms. The Morgan fingerprint density at radius 1 is 1.33 bits per heavy atom. The molecular formula is C15H20F2N2O2. The van der Waals surface area contributed by atoms with Crippen molar-refractivity contribution >= 4 is 11.8 Å². The minimum Gasteiger partial charge on any atom is -0.444 e. The summed E-state index contributed by atoms with van der Waals surface area (Å²) >= 11 is 0. The van der Waals surface area contributed by atoms with Crippen molar-refractivity contribution in [3.63, 3.8) is 0 Å². The number of hydrogen-bond acceptors (Lipinski definition) is 3. The lowest BCUT2D eigenvalue weighted by Gasteiger charge is -2.30. The summed E-state index contributed by atoms with van der Waals surface area (Å²) in [4.78, 5) is 13.8. The summed E-state index contributed by atoms with van der Waals surface area (Å²) in [5, 5.41) is 3.03. The molecule has 0 bridgehead atoms. The zero-order valence-electron chi connectivity index (χ0n) is 12.7. The second kappa shape index (κ2) is 5.50. The van der Waals surface area contributed by atoms with Crippen molar-refractivity contribution in [3.8, 4) is 0 Å².